The number of amides is 1. The first-order valence-electron chi connectivity index (χ1n) is 7.94. The van der Waals surface area contributed by atoms with Crippen LogP contribution in [-0.4, -0.2) is 47.6 Å². The minimum atomic E-state index is -0.759. The van der Waals surface area contributed by atoms with Crippen molar-refractivity contribution in [1.82, 2.24) is 4.90 Å². The van der Waals surface area contributed by atoms with Gasteiger partial charge >= 0.3 is 5.97 Å². The molecule has 1 N–H and O–H groups in total. The second-order valence-corrected chi connectivity index (χ2v) is 6.22. The number of aliphatic carboxylic acids is 1. The Morgan fingerprint density at radius 3 is 2.70 bits per heavy atom. The summed E-state index contributed by atoms with van der Waals surface area (Å²) < 4.78 is 0. The van der Waals surface area contributed by atoms with Gasteiger partial charge in [0.15, 0.2) is 0 Å². The highest BCUT2D eigenvalue weighted by Crippen LogP contribution is 2.28. The molecular formula is C17H23ClN2O3. The monoisotopic (exact) mass is 338 g/mol. The number of carboxylic acid groups (broad SMARTS) is 1. The SMILES string of the molecule is CC(C(=O)N1CCCc2ccccc21)N1CCC(C(=O)O)C1.Cl. The zero-order chi connectivity index (χ0) is 15.7. The van der Waals surface area contributed by atoms with E-state index in [2.05, 4.69) is 6.07 Å². The topological polar surface area (TPSA) is 60.9 Å². The highest BCUT2D eigenvalue weighted by Gasteiger charge is 2.35. The first-order valence-corrected chi connectivity index (χ1v) is 7.94. The van der Waals surface area contributed by atoms with E-state index in [9.17, 15) is 9.59 Å². The van der Waals surface area contributed by atoms with E-state index in [1.54, 1.807) is 0 Å². The lowest BCUT2D eigenvalue weighted by atomic mass is 10.0. The Labute approximate surface area is 142 Å². The van der Waals surface area contributed by atoms with E-state index >= 15 is 0 Å². The second kappa shape index (κ2) is 7.32. The van der Waals surface area contributed by atoms with Crippen LogP contribution in [0.1, 0.15) is 25.3 Å². The molecule has 1 saturated heterocycles. The van der Waals surface area contributed by atoms with Crippen molar-refractivity contribution in [1.29, 1.82) is 0 Å². The van der Waals surface area contributed by atoms with Gasteiger partial charge in [-0.15, -0.1) is 12.4 Å². The quantitative estimate of drug-likeness (QED) is 0.917. The molecule has 2 aliphatic rings. The van der Waals surface area contributed by atoms with Gasteiger partial charge in [-0.05, 0) is 44.4 Å². The van der Waals surface area contributed by atoms with Crippen LogP contribution < -0.4 is 4.90 Å². The standard InChI is InChI=1S/C17H22N2O3.ClH/c1-12(18-10-8-14(11-18)17(21)22)16(20)19-9-4-6-13-5-2-3-7-15(13)19;/h2-3,5,7,12,14H,4,6,8-11H2,1H3,(H,21,22);1H. The number of hydrogen-bond acceptors (Lipinski definition) is 3. The number of hydrogen-bond donors (Lipinski definition) is 1. The molecule has 1 aromatic rings. The summed E-state index contributed by atoms with van der Waals surface area (Å²) in [7, 11) is 0. The van der Waals surface area contributed by atoms with Crippen molar-refractivity contribution in [2.45, 2.75) is 32.2 Å². The van der Waals surface area contributed by atoms with Gasteiger partial charge in [0.2, 0.25) is 5.91 Å². The molecule has 2 aliphatic heterocycles. The van der Waals surface area contributed by atoms with Gasteiger partial charge in [-0.3, -0.25) is 14.5 Å². The van der Waals surface area contributed by atoms with Gasteiger partial charge in [-0.25, -0.2) is 0 Å². The maximum Gasteiger partial charge on any atom is 0.307 e. The zero-order valence-electron chi connectivity index (χ0n) is 13.3. The number of carboxylic acids is 1. The summed E-state index contributed by atoms with van der Waals surface area (Å²) in [6, 6.07) is 7.79. The molecule has 5 nitrogen and oxygen atoms in total. The maximum atomic E-state index is 12.9. The molecule has 0 radical (unpaired) electrons. The van der Waals surface area contributed by atoms with Crippen LogP contribution in [0.5, 0.6) is 0 Å². The molecule has 6 heteroatoms. The number of fused-ring (bicyclic) bond motifs is 1. The molecule has 0 saturated carbocycles. The molecule has 3 rings (SSSR count). The third-order valence-electron chi connectivity index (χ3n) is 4.85. The van der Waals surface area contributed by atoms with Gasteiger partial charge in [0, 0.05) is 18.8 Å². The zero-order valence-corrected chi connectivity index (χ0v) is 14.1. The molecule has 1 aromatic carbocycles. The summed E-state index contributed by atoms with van der Waals surface area (Å²) in [6.45, 7) is 3.79. The van der Waals surface area contributed by atoms with Gasteiger partial charge in [-0.2, -0.15) is 0 Å². The molecular weight excluding hydrogens is 316 g/mol. The lowest BCUT2D eigenvalue weighted by Crippen LogP contribution is -2.48. The third kappa shape index (κ3) is 3.51. The van der Waals surface area contributed by atoms with Crippen molar-refractivity contribution in [3.05, 3.63) is 29.8 Å². The number of halogens is 1. The first-order chi connectivity index (χ1) is 10.6. The number of benzene rings is 1. The van der Waals surface area contributed by atoms with E-state index < -0.39 is 5.97 Å². The Morgan fingerprint density at radius 1 is 1.26 bits per heavy atom. The average Bonchev–Trinajstić information content (AvgIpc) is 3.03. The highest BCUT2D eigenvalue weighted by molar-refractivity contribution is 5.98. The predicted octanol–water partition coefficient (Wildman–Crippen LogP) is 2.18. The summed E-state index contributed by atoms with van der Waals surface area (Å²) in [5, 5.41) is 9.11. The van der Waals surface area contributed by atoms with Crippen molar-refractivity contribution < 1.29 is 14.7 Å². The van der Waals surface area contributed by atoms with Crippen LogP contribution in [0, 0.1) is 5.92 Å². The van der Waals surface area contributed by atoms with E-state index in [-0.39, 0.29) is 30.3 Å². The summed E-state index contributed by atoms with van der Waals surface area (Å²) >= 11 is 0. The maximum absolute atomic E-state index is 12.9. The van der Waals surface area contributed by atoms with Crippen molar-refractivity contribution >= 4 is 30.0 Å². The Balaban J connectivity index is 0.00000192. The van der Waals surface area contributed by atoms with E-state index in [1.807, 2.05) is 34.9 Å². The number of carbonyl (C=O) groups excluding carboxylic acids is 1. The molecule has 0 bridgehead atoms. The van der Waals surface area contributed by atoms with E-state index in [1.165, 1.54) is 5.56 Å². The Kier molecular flexibility index (Phi) is 5.65. The molecule has 2 unspecified atom stereocenters. The van der Waals surface area contributed by atoms with Gasteiger partial charge < -0.3 is 10.0 Å². The van der Waals surface area contributed by atoms with Gasteiger partial charge in [0.25, 0.3) is 0 Å². The number of likely N-dealkylation sites (tertiary alicyclic amines) is 1. The van der Waals surface area contributed by atoms with Gasteiger partial charge in [0.1, 0.15) is 0 Å². The molecule has 1 amide bonds. The fourth-order valence-electron chi connectivity index (χ4n) is 3.48. The van der Waals surface area contributed by atoms with Crippen LogP contribution in [-0.2, 0) is 16.0 Å². The molecule has 2 atom stereocenters. The summed E-state index contributed by atoms with van der Waals surface area (Å²) in [5.74, 6) is -1.02. The fraction of sp³-hybridized carbons (Fsp3) is 0.529. The van der Waals surface area contributed by atoms with Gasteiger partial charge in [-0.1, -0.05) is 18.2 Å². The van der Waals surface area contributed by atoms with Gasteiger partial charge in [0.05, 0.1) is 12.0 Å². The van der Waals surface area contributed by atoms with Crippen molar-refractivity contribution in [3.63, 3.8) is 0 Å². The predicted molar refractivity (Wildman–Crippen MR) is 91.1 cm³/mol. The van der Waals surface area contributed by atoms with E-state index in [0.717, 1.165) is 25.1 Å². The van der Waals surface area contributed by atoms with Crippen LogP contribution in [0.3, 0.4) is 0 Å². The summed E-state index contributed by atoms with van der Waals surface area (Å²) in [4.78, 5) is 27.8. The first kappa shape index (κ1) is 17.8. The van der Waals surface area contributed by atoms with Crippen molar-refractivity contribution in [2.75, 3.05) is 24.5 Å². The molecule has 1 fully saturated rings. The molecule has 0 aliphatic carbocycles. The molecule has 0 spiro atoms. The molecule has 0 aromatic heterocycles. The van der Waals surface area contributed by atoms with Crippen LogP contribution in [0.4, 0.5) is 5.69 Å². The van der Waals surface area contributed by atoms with Crippen LogP contribution in [0.15, 0.2) is 24.3 Å². The number of para-hydroxylation sites is 1. The number of anilines is 1. The average molecular weight is 339 g/mol. The van der Waals surface area contributed by atoms with Crippen LogP contribution >= 0.6 is 12.4 Å². The summed E-state index contributed by atoms with van der Waals surface area (Å²) in [5.41, 5.74) is 2.23. The normalized spacial score (nSPS) is 22.1. The Hall–Kier alpha value is -1.59. The lowest BCUT2D eigenvalue weighted by Gasteiger charge is -2.34. The fourth-order valence-corrected chi connectivity index (χ4v) is 3.48. The van der Waals surface area contributed by atoms with E-state index in [4.69, 9.17) is 5.11 Å². The lowest BCUT2D eigenvalue weighted by molar-refractivity contribution is -0.141. The molecule has 23 heavy (non-hydrogen) atoms. The van der Waals surface area contributed by atoms with Crippen LogP contribution in [0.2, 0.25) is 0 Å². The Morgan fingerprint density at radius 2 is 2.00 bits per heavy atom. The highest BCUT2D eigenvalue weighted by atomic mass is 35.5. The number of nitrogens with zero attached hydrogens (tertiary/aromatic N) is 2. The minimum Gasteiger partial charge on any atom is -0.481 e. The van der Waals surface area contributed by atoms with Crippen LogP contribution in [0.25, 0.3) is 0 Å². The minimum absolute atomic E-state index is 0. The number of aryl methyl sites for hydroxylation is 1. The third-order valence-corrected chi connectivity index (χ3v) is 4.85. The number of rotatable bonds is 3. The second-order valence-electron chi connectivity index (χ2n) is 6.22. The number of carbonyl (C=O) groups is 2. The van der Waals surface area contributed by atoms with Crippen molar-refractivity contribution in [2.24, 2.45) is 5.92 Å². The largest absolute Gasteiger partial charge is 0.481 e. The smallest absolute Gasteiger partial charge is 0.307 e. The summed E-state index contributed by atoms with van der Waals surface area (Å²) in [6.07, 6.45) is 2.62. The van der Waals surface area contributed by atoms with E-state index in [0.29, 0.717) is 19.5 Å². The molecule has 2 heterocycles. The van der Waals surface area contributed by atoms with Crippen molar-refractivity contribution in [3.8, 4) is 0 Å². The molecule has 126 valence electrons. The Bertz CT molecular complexity index is 593.